The summed E-state index contributed by atoms with van der Waals surface area (Å²) in [6.45, 7) is 2.69. The van der Waals surface area contributed by atoms with E-state index in [1.807, 2.05) is 18.2 Å². The summed E-state index contributed by atoms with van der Waals surface area (Å²) in [5.74, 6) is -0.254. The number of nitrogens with zero attached hydrogens (tertiary/aromatic N) is 2. The molecule has 1 aromatic rings. The molecular formula is C17H25N3O3. The molecule has 0 aliphatic carbocycles. The van der Waals surface area contributed by atoms with Crippen LogP contribution < -0.4 is 5.32 Å². The molecule has 0 aromatic carbocycles. The molecule has 6 nitrogen and oxygen atoms in total. The Morgan fingerprint density at radius 3 is 3.00 bits per heavy atom. The zero-order chi connectivity index (χ0) is 16.5. The number of likely N-dealkylation sites (tertiary alicyclic amines) is 1. The van der Waals surface area contributed by atoms with E-state index in [-0.39, 0.29) is 17.9 Å². The highest BCUT2D eigenvalue weighted by molar-refractivity contribution is 5.77. The topological polar surface area (TPSA) is 71.5 Å². The molecule has 23 heavy (non-hydrogen) atoms. The lowest BCUT2D eigenvalue weighted by molar-refractivity contribution is -0.140. The summed E-state index contributed by atoms with van der Waals surface area (Å²) in [6.07, 6.45) is 5.07. The fourth-order valence-electron chi connectivity index (χ4n) is 2.83. The highest BCUT2D eigenvalue weighted by Gasteiger charge is 2.21. The van der Waals surface area contributed by atoms with Gasteiger partial charge in [0.1, 0.15) is 0 Å². The van der Waals surface area contributed by atoms with E-state index in [0.717, 1.165) is 38.2 Å². The summed E-state index contributed by atoms with van der Waals surface area (Å²) in [4.78, 5) is 29.7. The first kappa shape index (κ1) is 17.4. The van der Waals surface area contributed by atoms with E-state index in [1.54, 1.807) is 6.20 Å². The molecule has 126 valence electrons. The summed E-state index contributed by atoms with van der Waals surface area (Å²) in [5, 5.41) is 3.07. The molecule has 1 amide bonds. The molecule has 1 N–H and O–H groups in total. The Morgan fingerprint density at radius 1 is 1.39 bits per heavy atom. The quantitative estimate of drug-likeness (QED) is 0.771. The van der Waals surface area contributed by atoms with Gasteiger partial charge in [-0.2, -0.15) is 0 Å². The zero-order valence-electron chi connectivity index (χ0n) is 13.7. The molecule has 0 saturated carbocycles. The van der Waals surface area contributed by atoms with Crippen LogP contribution in [0.1, 0.15) is 37.8 Å². The average Bonchev–Trinajstić information content (AvgIpc) is 2.56. The number of carbonyl (C=O) groups is 2. The molecule has 2 rings (SSSR count). The van der Waals surface area contributed by atoms with E-state index in [1.165, 1.54) is 7.11 Å². The Balaban J connectivity index is 1.71. The minimum atomic E-state index is -0.267. The first-order valence-corrected chi connectivity index (χ1v) is 8.16. The lowest BCUT2D eigenvalue weighted by atomic mass is 10.0. The monoisotopic (exact) mass is 319 g/mol. The number of carbonyl (C=O) groups excluding carboxylic acids is 2. The number of rotatable bonds is 7. The van der Waals surface area contributed by atoms with Crippen LogP contribution in [0, 0.1) is 0 Å². The summed E-state index contributed by atoms with van der Waals surface area (Å²) in [5.41, 5.74) is 1.05. The van der Waals surface area contributed by atoms with Crippen LogP contribution in [0.2, 0.25) is 0 Å². The standard InChI is InChI=1S/C17H25N3O3/c1-23-17(22)9-4-8-16(21)19-15-7-5-11-20(13-15)12-14-6-2-3-10-18-14/h2-3,6,10,15H,4-5,7-9,11-13H2,1H3,(H,19,21)/t15-/m0/s1. The number of methoxy groups -OCH3 is 1. The highest BCUT2D eigenvalue weighted by Crippen LogP contribution is 2.13. The average molecular weight is 319 g/mol. The van der Waals surface area contributed by atoms with Gasteiger partial charge in [-0.1, -0.05) is 6.07 Å². The van der Waals surface area contributed by atoms with Gasteiger partial charge in [0.15, 0.2) is 0 Å². The second-order valence-corrected chi connectivity index (χ2v) is 5.89. The van der Waals surface area contributed by atoms with Crippen molar-refractivity contribution in [2.45, 2.75) is 44.7 Å². The Morgan fingerprint density at radius 2 is 2.26 bits per heavy atom. The van der Waals surface area contributed by atoms with Crippen LogP contribution in [0.25, 0.3) is 0 Å². The molecule has 1 saturated heterocycles. The van der Waals surface area contributed by atoms with Crippen molar-refractivity contribution in [3.05, 3.63) is 30.1 Å². The number of hydrogen-bond acceptors (Lipinski definition) is 5. The van der Waals surface area contributed by atoms with E-state index in [2.05, 4.69) is 19.9 Å². The van der Waals surface area contributed by atoms with Crippen molar-refractivity contribution in [1.82, 2.24) is 15.2 Å². The van der Waals surface area contributed by atoms with Gasteiger partial charge in [-0.05, 0) is 37.9 Å². The molecule has 0 spiro atoms. The molecule has 0 radical (unpaired) electrons. The predicted octanol–water partition coefficient (Wildman–Crippen LogP) is 1.51. The van der Waals surface area contributed by atoms with Crippen LogP contribution in [0.3, 0.4) is 0 Å². The normalized spacial score (nSPS) is 18.4. The number of hydrogen-bond donors (Lipinski definition) is 1. The first-order valence-electron chi connectivity index (χ1n) is 8.16. The largest absolute Gasteiger partial charge is 0.469 e. The smallest absolute Gasteiger partial charge is 0.305 e. The maximum Gasteiger partial charge on any atom is 0.305 e. The van der Waals surface area contributed by atoms with Gasteiger partial charge < -0.3 is 10.1 Å². The molecule has 1 aromatic heterocycles. The van der Waals surface area contributed by atoms with Crippen molar-refractivity contribution in [2.24, 2.45) is 0 Å². The van der Waals surface area contributed by atoms with Crippen molar-refractivity contribution < 1.29 is 14.3 Å². The van der Waals surface area contributed by atoms with Crippen LogP contribution in [0.15, 0.2) is 24.4 Å². The summed E-state index contributed by atoms with van der Waals surface area (Å²) >= 11 is 0. The predicted molar refractivity (Wildman–Crippen MR) is 86.5 cm³/mol. The van der Waals surface area contributed by atoms with Crippen LogP contribution in [-0.2, 0) is 20.9 Å². The number of aromatic nitrogens is 1. The minimum Gasteiger partial charge on any atom is -0.469 e. The van der Waals surface area contributed by atoms with E-state index >= 15 is 0 Å². The van der Waals surface area contributed by atoms with E-state index in [4.69, 9.17) is 0 Å². The fourth-order valence-corrected chi connectivity index (χ4v) is 2.83. The summed E-state index contributed by atoms with van der Waals surface area (Å²) in [6, 6.07) is 6.11. The first-order chi connectivity index (χ1) is 11.2. The van der Waals surface area contributed by atoms with Crippen LogP contribution in [0.5, 0.6) is 0 Å². The summed E-state index contributed by atoms with van der Waals surface area (Å²) in [7, 11) is 1.36. The van der Waals surface area contributed by atoms with Gasteiger partial charge in [-0.3, -0.25) is 19.5 Å². The highest BCUT2D eigenvalue weighted by atomic mass is 16.5. The van der Waals surface area contributed by atoms with Crippen LogP contribution >= 0.6 is 0 Å². The zero-order valence-corrected chi connectivity index (χ0v) is 13.7. The van der Waals surface area contributed by atoms with Gasteiger partial charge in [0.05, 0.1) is 12.8 Å². The molecule has 1 aliphatic rings. The van der Waals surface area contributed by atoms with Crippen molar-refractivity contribution in [3.63, 3.8) is 0 Å². The summed E-state index contributed by atoms with van der Waals surface area (Å²) < 4.78 is 4.57. The van der Waals surface area contributed by atoms with E-state index < -0.39 is 0 Å². The SMILES string of the molecule is COC(=O)CCCC(=O)N[C@H]1CCCN(Cc2ccccn2)C1. The van der Waals surface area contributed by atoms with Gasteiger partial charge in [0.2, 0.25) is 5.91 Å². The molecule has 0 bridgehead atoms. The van der Waals surface area contributed by atoms with Crippen LogP contribution in [-0.4, -0.2) is 48.0 Å². The van der Waals surface area contributed by atoms with Gasteiger partial charge in [0, 0.05) is 38.2 Å². The number of amides is 1. The second-order valence-electron chi connectivity index (χ2n) is 5.89. The Hall–Kier alpha value is -1.95. The Kier molecular flexibility index (Phi) is 7.00. The third-order valence-corrected chi connectivity index (χ3v) is 3.99. The minimum absolute atomic E-state index is 0.0126. The maximum atomic E-state index is 12.0. The fraction of sp³-hybridized carbons (Fsp3) is 0.588. The van der Waals surface area contributed by atoms with Crippen molar-refractivity contribution in [1.29, 1.82) is 0 Å². The molecule has 1 fully saturated rings. The van der Waals surface area contributed by atoms with E-state index in [9.17, 15) is 9.59 Å². The molecule has 6 heteroatoms. The number of esters is 1. The Labute approximate surface area is 137 Å². The van der Waals surface area contributed by atoms with Gasteiger partial charge in [0.25, 0.3) is 0 Å². The van der Waals surface area contributed by atoms with Crippen molar-refractivity contribution in [2.75, 3.05) is 20.2 Å². The van der Waals surface area contributed by atoms with Crippen LogP contribution in [0.4, 0.5) is 0 Å². The third kappa shape index (κ3) is 6.36. The number of pyridine rings is 1. The molecule has 1 aliphatic heterocycles. The lowest BCUT2D eigenvalue weighted by Crippen LogP contribution is -2.47. The maximum absolute atomic E-state index is 12.0. The molecular weight excluding hydrogens is 294 g/mol. The van der Waals surface area contributed by atoms with Gasteiger partial charge in [-0.15, -0.1) is 0 Å². The molecule has 2 heterocycles. The van der Waals surface area contributed by atoms with Gasteiger partial charge in [-0.25, -0.2) is 0 Å². The van der Waals surface area contributed by atoms with Crippen molar-refractivity contribution >= 4 is 11.9 Å². The van der Waals surface area contributed by atoms with Gasteiger partial charge >= 0.3 is 5.97 Å². The molecule has 0 unspecified atom stereocenters. The number of nitrogens with one attached hydrogen (secondary N) is 1. The van der Waals surface area contributed by atoms with E-state index in [0.29, 0.717) is 19.3 Å². The third-order valence-electron chi connectivity index (χ3n) is 3.99. The molecule has 1 atom stereocenters. The van der Waals surface area contributed by atoms with Crippen molar-refractivity contribution in [3.8, 4) is 0 Å². The lowest BCUT2D eigenvalue weighted by Gasteiger charge is -2.32. The number of ether oxygens (including phenoxy) is 1. The second kappa shape index (κ2) is 9.25. The number of piperidine rings is 1. The Bertz CT molecular complexity index is 507.